The summed E-state index contributed by atoms with van der Waals surface area (Å²) in [4.78, 5) is 39.3. The van der Waals surface area contributed by atoms with Crippen molar-refractivity contribution in [2.75, 3.05) is 26.2 Å². The van der Waals surface area contributed by atoms with Crippen LogP contribution < -0.4 is 10.6 Å². The second-order valence-corrected chi connectivity index (χ2v) is 8.42. The molecule has 3 aromatic rings. The van der Waals surface area contributed by atoms with Gasteiger partial charge in [0.2, 0.25) is 5.91 Å². The lowest BCUT2D eigenvalue weighted by molar-refractivity contribution is -0.126. The van der Waals surface area contributed by atoms with Crippen LogP contribution in [0, 0.1) is 5.92 Å². The molecule has 1 heterocycles. The van der Waals surface area contributed by atoms with Gasteiger partial charge in [0.1, 0.15) is 0 Å². The molecule has 0 aromatic heterocycles. The van der Waals surface area contributed by atoms with Crippen LogP contribution in [0.4, 0.5) is 0 Å². The van der Waals surface area contributed by atoms with Crippen LogP contribution in [0.1, 0.15) is 33.6 Å². The van der Waals surface area contributed by atoms with Gasteiger partial charge in [-0.25, -0.2) is 0 Å². The molecular formula is C28H29N3O3. The maximum Gasteiger partial charge on any atom is 0.253 e. The van der Waals surface area contributed by atoms with Gasteiger partial charge in [0, 0.05) is 43.2 Å². The quantitative estimate of drug-likeness (QED) is 0.533. The number of carbonyl (C=O) groups excluding carboxylic acids is 3. The Morgan fingerprint density at radius 3 is 1.88 bits per heavy atom. The van der Waals surface area contributed by atoms with E-state index in [-0.39, 0.29) is 23.6 Å². The maximum atomic E-state index is 12.9. The molecule has 0 radical (unpaired) electrons. The van der Waals surface area contributed by atoms with Crippen LogP contribution in [0.2, 0.25) is 0 Å². The summed E-state index contributed by atoms with van der Waals surface area (Å²) < 4.78 is 0. The van der Waals surface area contributed by atoms with Crippen LogP contribution >= 0.6 is 0 Å². The van der Waals surface area contributed by atoms with E-state index < -0.39 is 0 Å². The number of piperidine rings is 1. The topological polar surface area (TPSA) is 78.5 Å². The van der Waals surface area contributed by atoms with Crippen LogP contribution in [-0.2, 0) is 4.79 Å². The van der Waals surface area contributed by atoms with E-state index in [0.29, 0.717) is 50.1 Å². The molecular weight excluding hydrogens is 426 g/mol. The molecule has 0 bridgehead atoms. The van der Waals surface area contributed by atoms with Gasteiger partial charge in [-0.1, -0.05) is 60.7 Å². The molecule has 0 saturated carbocycles. The number of hydrogen-bond acceptors (Lipinski definition) is 3. The fraction of sp³-hybridized carbons (Fsp3) is 0.250. The molecule has 0 spiro atoms. The first-order valence-electron chi connectivity index (χ1n) is 11.7. The number of carbonyl (C=O) groups is 3. The molecule has 174 valence electrons. The fourth-order valence-corrected chi connectivity index (χ4v) is 4.16. The lowest BCUT2D eigenvalue weighted by Gasteiger charge is -2.31. The summed E-state index contributed by atoms with van der Waals surface area (Å²) in [5, 5.41) is 5.70. The van der Waals surface area contributed by atoms with Crippen molar-refractivity contribution in [1.82, 2.24) is 15.5 Å². The first-order chi connectivity index (χ1) is 16.6. The first kappa shape index (κ1) is 23.2. The Morgan fingerprint density at radius 2 is 1.24 bits per heavy atom. The fourth-order valence-electron chi connectivity index (χ4n) is 4.16. The molecule has 0 unspecified atom stereocenters. The molecule has 1 aliphatic rings. The summed E-state index contributed by atoms with van der Waals surface area (Å²) in [6, 6.07) is 26.7. The lowest BCUT2D eigenvalue weighted by atomic mass is 9.95. The monoisotopic (exact) mass is 455 g/mol. The van der Waals surface area contributed by atoms with Gasteiger partial charge in [-0.3, -0.25) is 14.4 Å². The number of amides is 3. The summed E-state index contributed by atoms with van der Waals surface area (Å²) in [6.45, 7) is 1.87. The van der Waals surface area contributed by atoms with E-state index in [1.54, 1.807) is 12.1 Å². The second kappa shape index (κ2) is 11.3. The zero-order chi connectivity index (χ0) is 23.8. The molecule has 3 amide bonds. The Bertz CT molecular complexity index is 1110. The van der Waals surface area contributed by atoms with Crippen LogP contribution in [0.5, 0.6) is 0 Å². The average molecular weight is 456 g/mol. The minimum Gasteiger partial charge on any atom is -0.354 e. The predicted molar refractivity (Wildman–Crippen MR) is 132 cm³/mol. The molecule has 6 heteroatoms. The van der Waals surface area contributed by atoms with Crippen molar-refractivity contribution in [3.63, 3.8) is 0 Å². The predicted octanol–water partition coefficient (Wildman–Crippen LogP) is 3.75. The highest BCUT2D eigenvalue weighted by Crippen LogP contribution is 2.22. The smallest absolute Gasteiger partial charge is 0.253 e. The molecule has 6 nitrogen and oxygen atoms in total. The highest BCUT2D eigenvalue weighted by molar-refractivity contribution is 5.95. The molecule has 1 aliphatic heterocycles. The normalized spacial score (nSPS) is 13.8. The van der Waals surface area contributed by atoms with Gasteiger partial charge in [0.05, 0.1) is 0 Å². The Hall–Kier alpha value is -3.93. The largest absolute Gasteiger partial charge is 0.354 e. The molecule has 34 heavy (non-hydrogen) atoms. The highest BCUT2D eigenvalue weighted by Gasteiger charge is 2.27. The first-order valence-corrected chi connectivity index (χ1v) is 11.7. The maximum absolute atomic E-state index is 12.9. The molecule has 4 rings (SSSR count). The van der Waals surface area contributed by atoms with Crippen LogP contribution in [0.25, 0.3) is 11.1 Å². The van der Waals surface area contributed by atoms with E-state index in [9.17, 15) is 14.4 Å². The Labute approximate surface area is 200 Å². The van der Waals surface area contributed by atoms with Crippen LogP contribution in [0.15, 0.2) is 84.9 Å². The van der Waals surface area contributed by atoms with Gasteiger partial charge < -0.3 is 15.5 Å². The van der Waals surface area contributed by atoms with E-state index in [4.69, 9.17) is 0 Å². The number of hydrogen-bond donors (Lipinski definition) is 2. The number of nitrogens with one attached hydrogen (secondary N) is 2. The summed E-state index contributed by atoms with van der Waals surface area (Å²) in [6.07, 6.45) is 1.27. The Morgan fingerprint density at radius 1 is 0.676 bits per heavy atom. The molecule has 1 fully saturated rings. The third kappa shape index (κ3) is 5.90. The van der Waals surface area contributed by atoms with E-state index >= 15 is 0 Å². The third-order valence-electron chi connectivity index (χ3n) is 6.14. The van der Waals surface area contributed by atoms with Crippen molar-refractivity contribution < 1.29 is 14.4 Å². The van der Waals surface area contributed by atoms with Crippen molar-refractivity contribution in [2.45, 2.75) is 12.8 Å². The second-order valence-electron chi connectivity index (χ2n) is 8.42. The molecule has 3 aromatic carbocycles. The molecule has 0 atom stereocenters. The average Bonchev–Trinajstić information content (AvgIpc) is 2.91. The Kier molecular flexibility index (Phi) is 7.71. The standard InChI is InChI=1S/C28H29N3O3/c32-26(23-9-5-2-6-10-23)29-17-18-30-27(33)24-15-19-31(20-16-24)28(34)25-13-11-22(12-14-25)21-7-3-1-4-8-21/h1-14,24H,15-20H2,(H,29,32)(H,30,33). The van der Waals surface area contributed by atoms with Crippen molar-refractivity contribution in [3.8, 4) is 11.1 Å². The van der Waals surface area contributed by atoms with Gasteiger partial charge in [-0.15, -0.1) is 0 Å². The summed E-state index contributed by atoms with van der Waals surface area (Å²) in [7, 11) is 0. The van der Waals surface area contributed by atoms with Crippen molar-refractivity contribution >= 4 is 17.7 Å². The van der Waals surface area contributed by atoms with E-state index in [0.717, 1.165) is 11.1 Å². The van der Waals surface area contributed by atoms with Gasteiger partial charge in [-0.2, -0.15) is 0 Å². The van der Waals surface area contributed by atoms with Crippen molar-refractivity contribution in [1.29, 1.82) is 0 Å². The van der Waals surface area contributed by atoms with Gasteiger partial charge in [0.15, 0.2) is 0 Å². The van der Waals surface area contributed by atoms with E-state index in [1.807, 2.05) is 77.7 Å². The van der Waals surface area contributed by atoms with Crippen LogP contribution in [-0.4, -0.2) is 48.8 Å². The van der Waals surface area contributed by atoms with Gasteiger partial charge >= 0.3 is 0 Å². The zero-order valence-electron chi connectivity index (χ0n) is 19.1. The van der Waals surface area contributed by atoms with Crippen molar-refractivity contribution in [3.05, 3.63) is 96.1 Å². The summed E-state index contributed by atoms with van der Waals surface area (Å²) in [5.41, 5.74) is 3.46. The van der Waals surface area contributed by atoms with E-state index in [2.05, 4.69) is 10.6 Å². The lowest BCUT2D eigenvalue weighted by Crippen LogP contribution is -2.44. The molecule has 0 aliphatic carbocycles. The third-order valence-corrected chi connectivity index (χ3v) is 6.14. The SMILES string of the molecule is O=C(NCCNC(=O)C1CCN(C(=O)c2ccc(-c3ccccc3)cc2)CC1)c1ccccc1. The number of likely N-dealkylation sites (tertiary alicyclic amines) is 1. The molecule has 2 N–H and O–H groups in total. The number of nitrogens with zero attached hydrogens (tertiary/aromatic N) is 1. The number of benzene rings is 3. The minimum atomic E-state index is -0.154. The zero-order valence-corrected chi connectivity index (χ0v) is 19.1. The molecule has 1 saturated heterocycles. The van der Waals surface area contributed by atoms with Gasteiger partial charge in [-0.05, 0) is 48.2 Å². The highest BCUT2D eigenvalue weighted by atomic mass is 16.2. The summed E-state index contributed by atoms with van der Waals surface area (Å²) in [5.74, 6) is -0.289. The minimum absolute atomic E-state index is 0.00194. The number of rotatable bonds is 7. The summed E-state index contributed by atoms with van der Waals surface area (Å²) >= 11 is 0. The Balaban J connectivity index is 1.19. The van der Waals surface area contributed by atoms with Gasteiger partial charge in [0.25, 0.3) is 11.8 Å². The van der Waals surface area contributed by atoms with Crippen molar-refractivity contribution in [2.24, 2.45) is 5.92 Å². The van der Waals surface area contributed by atoms with E-state index in [1.165, 1.54) is 0 Å². The van der Waals surface area contributed by atoms with Crippen LogP contribution in [0.3, 0.4) is 0 Å².